The van der Waals surface area contributed by atoms with Gasteiger partial charge in [0.25, 0.3) is 0 Å². The van der Waals surface area contributed by atoms with Gasteiger partial charge in [-0.2, -0.15) is 5.10 Å². The molecule has 0 bridgehead atoms. The lowest BCUT2D eigenvalue weighted by Crippen LogP contribution is -2.19. The molecule has 0 saturated heterocycles. The van der Waals surface area contributed by atoms with Crippen LogP contribution < -0.4 is 5.32 Å². The Kier molecular flexibility index (Phi) is 3.85. The highest BCUT2D eigenvalue weighted by atomic mass is 16.4. The number of aromatic nitrogens is 2. The van der Waals surface area contributed by atoms with Crippen molar-refractivity contribution in [3.8, 4) is 0 Å². The third-order valence-corrected chi connectivity index (χ3v) is 2.28. The highest BCUT2D eigenvalue weighted by Crippen LogP contribution is 2.16. The Bertz CT molecular complexity index is 333. The fourth-order valence-electron chi connectivity index (χ4n) is 1.38. The number of nitrogens with zero attached hydrogens (tertiary/aromatic N) is 2. The molecule has 1 aromatic rings. The molecule has 0 radical (unpaired) electrons. The lowest BCUT2D eigenvalue weighted by molar-refractivity contribution is -0.137. The molecule has 0 aliphatic rings. The largest absolute Gasteiger partial charge is 0.481 e. The maximum Gasteiger partial charge on any atom is 0.305 e. The van der Waals surface area contributed by atoms with Gasteiger partial charge in [0.1, 0.15) is 0 Å². The minimum Gasteiger partial charge on any atom is -0.481 e. The topological polar surface area (TPSA) is 67.2 Å². The van der Waals surface area contributed by atoms with E-state index in [0.717, 1.165) is 5.56 Å². The van der Waals surface area contributed by atoms with E-state index in [1.54, 1.807) is 13.2 Å². The fraction of sp³-hybridized carbons (Fsp3) is 0.600. The maximum atomic E-state index is 10.6. The Morgan fingerprint density at radius 3 is 2.73 bits per heavy atom. The molecule has 5 heteroatoms. The molecule has 0 aliphatic heterocycles. The number of carboxylic acid groups (broad SMARTS) is 1. The van der Waals surface area contributed by atoms with E-state index in [4.69, 9.17) is 5.11 Å². The molecular formula is C10H17N3O2. The van der Waals surface area contributed by atoms with Crippen LogP contribution in [0.4, 0.5) is 0 Å². The zero-order valence-corrected chi connectivity index (χ0v) is 9.27. The van der Waals surface area contributed by atoms with E-state index in [1.807, 2.05) is 24.7 Å². The molecule has 0 aromatic carbocycles. The summed E-state index contributed by atoms with van der Waals surface area (Å²) in [4.78, 5) is 10.6. The van der Waals surface area contributed by atoms with Crippen LogP contribution in [-0.4, -0.2) is 27.9 Å². The number of rotatable bonds is 5. The summed E-state index contributed by atoms with van der Waals surface area (Å²) in [6.07, 6.45) is 3.67. The molecule has 0 spiro atoms. The van der Waals surface area contributed by atoms with Crippen LogP contribution in [0.3, 0.4) is 0 Å². The lowest BCUT2D eigenvalue weighted by Gasteiger charge is -2.11. The van der Waals surface area contributed by atoms with E-state index >= 15 is 0 Å². The quantitative estimate of drug-likeness (QED) is 0.768. The Hall–Kier alpha value is -1.36. The molecule has 0 fully saturated rings. The van der Waals surface area contributed by atoms with Crippen molar-refractivity contribution in [1.29, 1.82) is 0 Å². The summed E-state index contributed by atoms with van der Waals surface area (Å²) in [5, 5.41) is 15.9. The molecule has 15 heavy (non-hydrogen) atoms. The van der Waals surface area contributed by atoms with E-state index in [0.29, 0.717) is 6.04 Å². The van der Waals surface area contributed by atoms with E-state index in [2.05, 4.69) is 10.4 Å². The Morgan fingerprint density at radius 2 is 2.33 bits per heavy atom. The van der Waals surface area contributed by atoms with Crippen LogP contribution in [0.5, 0.6) is 0 Å². The van der Waals surface area contributed by atoms with Gasteiger partial charge in [0.15, 0.2) is 0 Å². The molecule has 1 atom stereocenters. The molecule has 2 N–H and O–H groups in total. The first-order chi connectivity index (χ1) is 7.04. The van der Waals surface area contributed by atoms with Crippen LogP contribution in [0.25, 0.3) is 0 Å². The second kappa shape index (κ2) is 4.93. The monoisotopic (exact) mass is 211 g/mol. The lowest BCUT2D eigenvalue weighted by atomic mass is 10.1. The highest BCUT2D eigenvalue weighted by Gasteiger charge is 2.15. The van der Waals surface area contributed by atoms with Crippen molar-refractivity contribution in [2.24, 2.45) is 0 Å². The average Bonchev–Trinajstić information content (AvgIpc) is 2.62. The first-order valence-corrected chi connectivity index (χ1v) is 4.97. The van der Waals surface area contributed by atoms with Gasteiger partial charge in [-0.15, -0.1) is 0 Å². The number of carboxylic acids is 1. The smallest absolute Gasteiger partial charge is 0.305 e. The number of carbonyl (C=O) groups is 1. The van der Waals surface area contributed by atoms with E-state index in [9.17, 15) is 4.79 Å². The molecule has 5 nitrogen and oxygen atoms in total. The minimum atomic E-state index is -0.813. The number of aliphatic carboxylic acids is 1. The third kappa shape index (κ3) is 3.06. The number of nitrogens with one attached hydrogen (secondary N) is 1. The van der Waals surface area contributed by atoms with Crippen LogP contribution >= 0.6 is 0 Å². The van der Waals surface area contributed by atoms with Gasteiger partial charge in [0, 0.05) is 23.8 Å². The van der Waals surface area contributed by atoms with E-state index in [1.165, 1.54) is 0 Å². The van der Waals surface area contributed by atoms with Gasteiger partial charge >= 0.3 is 5.97 Å². The van der Waals surface area contributed by atoms with Crippen molar-refractivity contribution in [2.75, 3.05) is 7.05 Å². The van der Waals surface area contributed by atoms with Crippen LogP contribution in [0.15, 0.2) is 12.4 Å². The van der Waals surface area contributed by atoms with Crippen molar-refractivity contribution in [3.05, 3.63) is 18.0 Å². The zero-order chi connectivity index (χ0) is 11.4. The van der Waals surface area contributed by atoms with Crippen molar-refractivity contribution in [3.63, 3.8) is 0 Å². The molecule has 0 amide bonds. The Balaban J connectivity index is 2.78. The van der Waals surface area contributed by atoms with Crippen LogP contribution in [0, 0.1) is 0 Å². The molecule has 1 aromatic heterocycles. The second-order valence-corrected chi connectivity index (χ2v) is 3.79. The molecular weight excluding hydrogens is 194 g/mol. The highest BCUT2D eigenvalue weighted by molar-refractivity contribution is 5.67. The normalized spacial score (nSPS) is 13.1. The van der Waals surface area contributed by atoms with Gasteiger partial charge in [-0.05, 0) is 20.9 Å². The molecule has 1 unspecified atom stereocenters. The van der Waals surface area contributed by atoms with E-state index in [-0.39, 0.29) is 12.5 Å². The molecule has 1 rings (SSSR count). The number of hydrogen-bond acceptors (Lipinski definition) is 3. The summed E-state index contributed by atoms with van der Waals surface area (Å²) in [6.45, 7) is 4.06. The van der Waals surface area contributed by atoms with Crippen LogP contribution in [0.1, 0.15) is 37.9 Å². The first-order valence-electron chi connectivity index (χ1n) is 4.97. The summed E-state index contributed by atoms with van der Waals surface area (Å²) in [7, 11) is 1.75. The van der Waals surface area contributed by atoms with Crippen LogP contribution in [0.2, 0.25) is 0 Å². The summed E-state index contributed by atoms with van der Waals surface area (Å²) in [5.74, 6) is -0.813. The number of hydrogen-bond donors (Lipinski definition) is 2. The van der Waals surface area contributed by atoms with Gasteiger partial charge in [0.2, 0.25) is 0 Å². The molecule has 84 valence electrons. The Morgan fingerprint density at radius 1 is 1.67 bits per heavy atom. The Labute approximate surface area is 89.1 Å². The summed E-state index contributed by atoms with van der Waals surface area (Å²) in [6, 6.07) is 0.121. The SMILES string of the molecule is CNC(CC(=O)O)c1cnn(C(C)C)c1. The summed E-state index contributed by atoms with van der Waals surface area (Å²) in [5.41, 5.74) is 0.911. The van der Waals surface area contributed by atoms with Crippen molar-refractivity contribution < 1.29 is 9.90 Å². The van der Waals surface area contributed by atoms with Crippen LogP contribution in [-0.2, 0) is 4.79 Å². The predicted octanol–water partition coefficient (Wildman–Crippen LogP) is 1.20. The standard InChI is InChI=1S/C10H17N3O2/c1-7(2)13-6-8(5-12-13)9(11-3)4-10(14)15/h5-7,9,11H,4H2,1-3H3,(H,14,15). The van der Waals surface area contributed by atoms with Gasteiger partial charge in [-0.3, -0.25) is 9.48 Å². The molecule has 0 aliphatic carbocycles. The third-order valence-electron chi connectivity index (χ3n) is 2.28. The summed E-state index contributed by atoms with van der Waals surface area (Å²) >= 11 is 0. The fourth-order valence-corrected chi connectivity index (χ4v) is 1.38. The molecule has 1 heterocycles. The predicted molar refractivity (Wildman–Crippen MR) is 56.7 cm³/mol. The minimum absolute atomic E-state index is 0.0697. The zero-order valence-electron chi connectivity index (χ0n) is 9.27. The van der Waals surface area contributed by atoms with Crippen molar-refractivity contribution in [1.82, 2.24) is 15.1 Å². The van der Waals surface area contributed by atoms with Gasteiger partial charge < -0.3 is 10.4 Å². The maximum absolute atomic E-state index is 10.6. The van der Waals surface area contributed by atoms with Crippen molar-refractivity contribution in [2.45, 2.75) is 32.4 Å². The van der Waals surface area contributed by atoms with Gasteiger partial charge in [-0.25, -0.2) is 0 Å². The van der Waals surface area contributed by atoms with Gasteiger partial charge in [-0.1, -0.05) is 0 Å². The van der Waals surface area contributed by atoms with E-state index < -0.39 is 5.97 Å². The first kappa shape index (κ1) is 11.7. The molecule has 0 saturated carbocycles. The summed E-state index contributed by atoms with van der Waals surface area (Å²) < 4.78 is 1.82. The average molecular weight is 211 g/mol. The second-order valence-electron chi connectivity index (χ2n) is 3.79. The van der Waals surface area contributed by atoms with Gasteiger partial charge in [0.05, 0.1) is 12.6 Å². The van der Waals surface area contributed by atoms with Crippen molar-refractivity contribution >= 4 is 5.97 Å².